The van der Waals surface area contributed by atoms with Crippen molar-refractivity contribution in [2.24, 2.45) is 0 Å². The predicted octanol–water partition coefficient (Wildman–Crippen LogP) is 2.49. The van der Waals surface area contributed by atoms with Crippen molar-refractivity contribution in [2.45, 2.75) is 0 Å². The Balaban J connectivity index is 2.25. The zero-order valence-corrected chi connectivity index (χ0v) is 10.9. The van der Waals surface area contributed by atoms with Crippen LogP contribution in [0.5, 0.6) is 0 Å². The summed E-state index contributed by atoms with van der Waals surface area (Å²) in [6.45, 7) is -0.0348. The van der Waals surface area contributed by atoms with Gasteiger partial charge >= 0.3 is 0 Å². The number of aliphatic hydroxyl groups is 1. The summed E-state index contributed by atoms with van der Waals surface area (Å²) in [7, 11) is 0. The number of nitrogens with one attached hydrogen (secondary N) is 1. The zero-order valence-electron chi connectivity index (χ0n) is 10.9. The van der Waals surface area contributed by atoms with Gasteiger partial charge in [-0.25, -0.2) is 13.2 Å². The minimum atomic E-state index is -1.52. The SMILES string of the molecule is O=C(NCCO)c1ccc(-c2cc(F)c(F)c(F)c2)cc1. The van der Waals surface area contributed by atoms with Crippen molar-refractivity contribution in [1.82, 2.24) is 5.32 Å². The van der Waals surface area contributed by atoms with Gasteiger partial charge in [0.1, 0.15) is 0 Å². The third kappa shape index (κ3) is 3.41. The molecule has 3 nitrogen and oxygen atoms in total. The van der Waals surface area contributed by atoms with E-state index in [-0.39, 0.29) is 24.6 Å². The highest BCUT2D eigenvalue weighted by atomic mass is 19.2. The minimum absolute atomic E-state index is 0.134. The van der Waals surface area contributed by atoms with E-state index in [0.717, 1.165) is 12.1 Å². The van der Waals surface area contributed by atoms with E-state index in [9.17, 15) is 18.0 Å². The van der Waals surface area contributed by atoms with E-state index in [0.29, 0.717) is 11.1 Å². The van der Waals surface area contributed by atoms with Crippen molar-refractivity contribution in [3.63, 3.8) is 0 Å². The minimum Gasteiger partial charge on any atom is -0.395 e. The Morgan fingerprint density at radius 2 is 1.57 bits per heavy atom. The highest BCUT2D eigenvalue weighted by Gasteiger charge is 2.12. The molecule has 0 unspecified atom stereocenters. The number of carbonyl (C=O) groups is 1. The lowest BCUT2D eigenvalue weighted by Gasteiger charge is -2.06. The Bertz CT molecular complexity index is 633. The lowest BCUT2D eigenvalue weighted by molar-refractivity contribution is 0.0945. The van der Waals surface area contributed by atoms with E-state index in [2.05, 4.69) is 5.32 Å². The summed E-state index contributed by atoms with van der Waals surface area (Å²) in [5.74, 6) is -4.42. The van der Waals surface area contributed by atoms with Gasteiger partial charge in [-0.1, -0.05) is 12.1 Å². The van der Waals surface area contributed by atoms with E-state index in [1.807, 2.05) is 0 Å². The predicted molar refractivity (Wildman–Crippen MR) is 71.2 cm³/mol. The van der Waals surface area contributed by atoms with Crippen molar-refractivity contribution in [3.05, 3.63) is 59.4 Å². The van der Waals surface area contributed by atoms with E-state index in [1.54, 1.807) is 0 Å². The summed E-state index contributed by atoms with van der Waals surface area (Å²) in [6.07, 6.45) is 0. The fourth-order valence-electron chi connectivity index (χ4n) is 1.81. The number of aliphatic hydroxyl groups excluding tert-OH is 1. The molecule has 21 heavy (non-hydrogen) atoms. The number of rotatable bonds is 4. The molecule has 0 heterocycles. The van der Waals surface area contributed by atoms with Crippen LogP contribution in [-0.2, 0) is 0 Å². The molecule has 6 heteroatoms. The normalized spacial score (nSPS) is 10.5. The average molecular weight is 295 g/mol. The maximum Gasteiger partial charge on any atom is 0.251 e. The molecule has 0 aliphatic heterocycles. The molecule has 0 aromatic heterocycles. The van der Waals surface area contributed by atoms with Crippen molar-refractivity contribution >= 4 is 5.91 Å². The smallest absolute Gasteiger partial charge is 0.251 e. The molecule has 2 rings (SSSR count). The van der Waals surface area contributed by atoms with Crippen molar-refractivity contribution in [1.29, 1.82) is 0 Å². The summed E-state index contributed by atoms with van der Waals surface area (Å²) < 4.78 is 39.2. The molecular weight excluding hydrogens is 283 g/mol. The summed E-state index contributed by atoms with van der Waals surface area (Å²) >= 11 is 0. The van der Waals surface area contributed by atoms with Crippen molar-refractivity contribution in [2.75, 3.05) is 13.2 Å². The second-order valence-corrected chi connectivity index (χ2v) is 4.31. The fraction of sp³-hybridized carbons (Fsp3) is 0.133. The van der Waals surface area contributed by atoms with Crippen LogP contribution in [0.25, 0.3) is 11.1 Å². The molecule has 1 amide bonds. The van der Waals surface area contributed by atoms with Gasteiger partial charge in [0, 0.05) is 12.1 Å². The van der Waals surface area contributed by atoms with Crippen molar-refractivity contribution < 1.29 is 23.1 Å². The molecule has 0 spiro atoms. The highest BCUT2D eigenvalue weighted by molar-refractivity contribution is 5.94. The molecule has 0 saturated heterocycles. The van der Waals surface area contributed by atoms with Gasteiger partial charge in [-0.3, -0.25) is 4.79 Å². The van der Waals surface area contributed by atoms with Gasteiger partial charge in [-0.2, -0.15) is 0 Å². The van der Waals surface area contributed by atoms with Gasteiger partial charge < -0.3 is 10.4 Å². The monoisotopic (exact) mass is 295 g/mol. The van der Waals surface area contributed by atoms with E-state index in [1.165, 1.54) is 24.3 Å². The number of hydrogen-bond donors (Lipinski definition) is 2. The molecule has 2 N–H and O–H groups in total. The lowest BCUT2D eigenvalue weighted by atomic mass is 10.0. The molecular formula is C15H12F3NO2. The van der Waals surface area contributed by atoms with E-state index >= 15 is 0 Å². The third-order valence-electron chi connectivity index (χ3n) is 2.86. The molecule has 0 atom stereocenters. The molecule has 2 aromatic rings. The van der Waals surface area contributed by atoms with Crippen LogP contribution in [0, 0.1) is 17.5 Å². The second kappa shape index (κ2) is 6.41. The zero-order chi connectivity index (χ0) is 15.4. The summed E-state index contributed by atoms with van der Waals surface area (Å²) in [6, 6.07) is 7.72. The Morgan fingerprint density at radius 1 is 1.00 bits per heavy atom. The maximum atomic E-state index is 13.2. The number of halogens is 3. The van der Waals surface area contributed by atoms with Gasteiger partial charge in [-0.15, -0.1) is 0 Å². The molecule has 110 valence electrons. The van der Waals surface area contributed by atoms with Crippen LogP contribution in [0.1, 0.15) is 10.4 Å². The average Bonchev–Trinajstić information content (AvgIpc) is 2.50. The Hall–Kier alpha value is -2.34. The molecule has 2 aromatic carbocycles. The Morgan fingerprint density at radius 3 is 2.10 bits per heavy atom. The molecule has 0 saturated carbocycles. The Labute approximate surface area is 119 Å². The molecule has 0 fully saturated rings. The summed E-state index contributed by atoms with van der Waals surface area (Å²) in [5, 5.41) is 11.1. The lowest BCUT2D eigenvalue weighted by Crippen LogP contribution is -2.26. The summed E-state index contributed by atoms with van der Waals surface area (Å²) in [4.78, 5) is 11.6. The molecule has 0 bridgehead atoms. The number of amides is 1. The number of carbonyl (C=O) groups excluding carboxylic acids is 1. The first-order chi connectivity index (χ1) is 10.0. The van der Waals surface area contributed by atoms with Crippen LogP contribution >= 0.6 is 0 Å². The first-order valence-corrected chi connectivity index (χ1v) is 6.17. The van der Waals surface area contributed by atoms with E-state index in [4.69, 9.17) is 5.11 Å². The van der Waals surface area contributed by atoms with Crippen LogP contribution < -0.4 is 5.32 Å². The van der Waals surface area contributed by atoms with Gasteiger partial charge in [0.25, 0.3) is 5.91 Å². The van der Waals surface area contributed by atoms with Crippen LogP contribution in [0.3, 0.4) is 0 Å². The van der Waals surface area contributed by atoms with Crippen LogP contribution in [-0.4, -0.2) is 24.2 Å². The van der Waals surface area contributed by atoms with Gasteiger partial charge in [0.2, 0.25) is 0 Å². The third-order valence-corrected chi connectivity index (χ3v) is 2.86. The largest absolute Gasteiger partial charge is 0.395 e. The molecule has 0 radical (unpaired) electrons. The molecule has 0 aliphatic carbocycles. The molecule has 0 aliphatic rings. The highest BCUT2D eigenvalue weighted by Crippen LogP contribution is 2.24. The fourth-order valence-corrected chi connectivity index (χ4v) is 1.81. The quantitative estimate of drug-likeness (QED) is 0.851. The topological polar surface area (TPSA) is 49.3 Å². The van der Waals surface area contributed by atoms with Gasteiger partial charge in [0.05, 0.1) is 6.61 Å². The van der Waals surface area contributed by atoms with Crippen molar-refractivity contribution in [3.8, 4) is 11.1 Å². The van der Waals surface area contributed by atoms with Crippen LogP contribution in [0.15, 0.2) is 36.4 Å². The number of benzene rings is 2. The van der Waals surface area contributed by atoms with Gasteiger partial charge in [0.15, 0.2) is 17.5 Å². The first-order valence-electron chi connectivity index (χ1n) is 6.17. The summed E-state index contributed by atoms with van der Waals surface area (Å²) in [5.41, 5.74) is 0.968. The van der Waals surface area contributed by atoms with Crippen LogP contribution in [0.4, 0.5) is 13.2 Å². The van der Waals surface area contributed by atoms with Gasteiger partial charge in [-0.05, 0) is 35.4 Å². The standard InChI is InChI=1S/C15H12F3NO2/c16-12-7-11(8-13(17)14(12)18)9-1-3-10(4-2-9)15(21)19-5-6-20/h1-4,7-8,20H,5-6H2,(H,19,21). The van der Waals surface area contributed by atoms with Crippen LogP contribution in [0.2, 0.25) is 0 Å². The maximum absolute atomic E-state index is 13.2. The second-order valence-electron chi connectivity index (χ2n) is 4.31. The Kier molecular flexibility index (Phi) is 4.59. The first kappa shape index (κ1) is 15.1. The number of hydrogen-bond acceptors (Lipinski definition) is 2. The van der Waals surface area contributed by atoms with E-state index < -0.39 is 17.5 Å².